The summed E-state index contributed by atoms with van der Waals surface area (Å²) in [4.78, 5) is 15.8. The lowest BCUT2D eigenvalue weighted by Crippen LogP contribution is -2.19. The average molecular weight is 477 g/mol. The highest BCUT2D eigenvalue weighted by Crippen LogP contribution is 2.41. The number of phosphoric acid groups is 1. The Kier molecular flexibility index (Phi) is 13.1. The predicted molar refractivity (Wildman–Crippen MR) is 138 cm³/mol. The number of allylic oxidation sites excluding steroid dienone is 10. The first kappa shape index (κ1) is 29.5. The Balaban J connectivity index is 2.46. The summed E-state index contributed by atoms with van der Waals surface area (Å²) in [6.07, 6.45) is 18.7. The SMILES string of the molecule is CCC(C)COP(=O)([O-])OCCN=C/C=C(C)/C=C/C=C(C)/C=C/C1=C(C)CCCC1(C)C. The van der Waals surface area contributed by atoms with Crippen LogP contribution in [0.2, 0.25) is 0 Å². The van der Waals surface area contributed by atoms with Gasteiger partial charge < -0.3 is 13.9 Å². The van der Waals surface area contributed by atoms with E-state index >= 15 is 0 Å². The van der Waals surface area contributed by atoms with Gasteiger partial charge in [0.25, 0.3) is 7.82 Å². The largest absolute Gasteiger partial charge is 0.756 e. The molecule has 0 aromatic rings. The van der Waals surface area contributed by atoms with Crippen molar-refractivity contribution >= 4 is 14.0 Å². The van der Waals surface area contributed by atoms with Crippen molar-refractivity contribution in [3.63, 3.8) is 0 Å². The minimum Gasteiger partial charge on any atom is -0.756 e. The monoisotopic (exact) mass is 476 g/mol. The third-order valence-electron chi connectivity index (χ3n) is 5.90. The molecule has 0 fully saturated rings. The molecule has 0 aliphatic heterocycles. The maximum atomic E-state index is 11.6. The lowest BCUT2D eigenvalue weighted by molar-refractivity contribution is -0.226. The van der Waals surface area contributed by atoms with Gasteiger partial charge in [-0.25, -0.2) is 0 Å². The highest BCUT2D eigenvalue weighted by atomic mass is 31.2. The van der Waals surface area contributed by atoms with Crippen molar-refractivity contribution in [3.8, 4) is 0 Å². The van der Waals surface area contributed by atoms with Crippen LogP contribution in [0.25, 0.3) is 0 Å². The standard InChI is InChI=1S/C27H44NO4P/c1-8-22(2)21-32-33(29,30)31-20-19-28-18-16-24(4)12-9-11-23(3)14-15-26-25(5)13-10-17-27(26,6)7/h9,11-12,14-16,18,22H,8,10,13,17,19-21H2,1-7H3,(H,29,30)/p-1/b12-9+,15-14+,23-11+,24-16+,28-18?. The van der Waals surface area contributed by atoms with Gasteiger partial charge in [0.1, 0.15) is 0 Å². The molecule has 1 rings (SSSR count). The molecule has 0 spiro atoms. The third-order valence-corrected chi connectivity index (χ3v) is 6.86. The molecule has 0 saturated carbocycles. The van der Waals surface area contributed by atoms with E-state index in [1.165, 1.54) is 36.0 Å². The number of hydrogen-bond donors (Lipinski definition) is 0. The second-order valence-electron chi connectivity index (χ2n) is 9.59. The van der Waals surface area contributed by atoms with Gasteiger partial charge in [0, 0.05) is 6.21 Å². The minimum absolute atomic E-state index is 0.0263. The van der Waals surface area contributed by atoms with Crippen molar-refractivity contribution in [2.75, 3.05) is 19.8 Å². The van der Waals surface area contributed by atoms with Gasteiger partial charge in [-0.1, -0.05) is 75.6 Å². The van der Waals surface area contributed by atoms with Crippen LogP contribution in [0.4, 0.5) is 0 Å². The number of hydrogen-bond acceptors (Lipinski definition) is 5. The van der Waals surface area contributed by atoms with Crippen molar-refractivity contribution < 1.29 is 18.5 Å². The second kappa shape index (κ2) is 14.7. The molecule has 0 aromatic carbocycles. The first-order chi connectivity index (χ1) is 15.5. The summed E-state index contributed by atoms with van der Waals surface area (Å²) < 4.78 is 21.3. The van der Waals surface area contributed by atoms with Crippen LogP contribution >= 0.6 is 7.82 Å². The number of phosphoric ester groups is 1. The second-order valence-corrected chi connectivity index (χ2v) is 11.0. The Bertz CT molecular complexity index is 846. The van der Waals surface area contributed by atoms with Crippen LogP contribution in [0.15, 0.2) is 63.7 Å². The zero-order chi connectivity index (χ0) is 24.9. The lowest BCUT2D eigenvalue weighted by Gasteiger charge is -2.32. The zero-order valence-corrected chi connectivity index (χ0v) is 22.5. The van der Waals surface area contributed by atoms with Gasteiger partial charge in [0.05, 0.1) is 19.8 Å². The smallest absolute Gasteiger partial charge is 0.267 e. The molecule has 1 aliphatic rings. The molecule has 186 valence electrons. The maximum absolute atomic E-state index is 11.6. The van der Waals surface area contributed by atoms with Crippen LogP contribution in [0.5, 0.6) is 0 Å². The number of nitrogens with zero attached hydrogens (tertiary/aromatic N) is 1. The molecule has 0 amide bonds. The van der Waals surface area contributed by atoms with Crippen molar-refractivity contribution in [2.45, 2.75) is 74.1 Å². The summed E-state index contributed by atoms with van der Waals surface area (Å²) in [6.45, 7) is 15.3. The summed E-state index contributed by atoms with van der Waals surface area (Å²) in [5, 5.41) is 0. The Hall–Kier alpha value is -1.52. The molecule has 0 bridgehead atoms. The van der Waals surface area contributed by atoms with Crippen molar-refractivity contribution in [3.05, 3.63) is 58.7 Å². The molecule has 0 aromatic heterocycles. The van der Waals surface area contributed by atoms with E-state index in [0.717, 1.165) is 12.0 Å². The molecule has 2 atom stereocenters. The van der Waals surface area contributed by atoms with E-state index < -0.39 is 7.82 Å². The molecule has 0 saturated heterocycles. The summed E-state index contributed by atoms with van der Waals surface area (Å²) in [6, 6.07) is 0. The average Bonchev–Trinajstić information content (AvgIpc) is 2.73. The van der Waals surface area contributed by atoms with Crippen LogP contribution in [-0.2, 0) is 13.6 Å². The number of rotatable bonds is 13. The molecule has 2 unspecified atom stereocenters. The first-order valence-electron chi connectivity index (χ1n) is 12.0. The molecule has 0 N–H and O–H groups in total. The zero-order valence-electron chi connectivity index (χ0n) is 21.6. The quantitative estimate of drug-likeness (QED) is 0.123. The topological polar surface area (TPSA) is 71.0 Å². The van der Waals surface area contributed by atoms with Gasteiger partial charge >= 0.3 is 0 Å². The number of aliphatic imine (C=N–C) groups is 1. The minimum atomic E-state index is -4.24. The van der Waals surface area contributed by atoms with Gasteiger partial charge in [0.15, 0.2) is 0 Å². The van der Waals surface area contributed by atoms with Crippen LogP contribution in [-0.4, -0.2) is 26.0 Å². The van der Waals surface area contributed by atoms with E-state index in [1.807, 2.05) is 39.0 Å². The Morgan fingerprint density at radius 3 is 2.58 bits per heavy atom. The summed E-state index contributed by atoms with van der Waals surface area (Å²) in [7, 11) is -4.24. The Labute approximate surface area is 201 Å². The fraction of sp³-hybridized carbons (Fsp3) is 0.593. The van der Waals surface area contributed by atoms with Crippen molar-refractivity contribution in [1.82, 2.24) is 0 Å². The van der Waals surface area contributed by atoms with Gasteiger partial charge in [-0.3, -0.25) is 9.56 Å². The van der Waals surface area contributed by atoms with Gasteiger partial charge in [-0.05, 0) is 68.6 Å². The molecule has 0 radical (unpaired) electrons. The van der Waals surface area contributed by atoms with E-state index in [1.54, 1.807) is 6.21 Å². The van der Waals surface area contributed by atoms with Gasteiger partial charge in [-0.2, -0.15) is 0 Å². The Morgan fingerprint density at radius 2 is 1.91 bits per heavy atom. The fourth-order valence-corrected chi connectivity index (χ4v) is 4.33. The van der Waals surface area contributed by atoms with Gasteiger partial charge in [0.2, 0.25) is 0 Å². The normalized spacial score (nSPS) is 20.8. The van der Waals surface area contributed by atoms with Crippen LogP contribution in [0, 0.1) is 11.3 Å². The Morgan fingerprint density at radius 1 is 1.21 bits per heavy atom. The first-order valence-corrected chi connectivity index (χ1v) is 13.4. The molecular weight excluding hydrogens is 433 g/mol. The van der Waals surface area contributed by atoms with E-state index in [2.05, 4.69) is 50.9 Å². The van der Waals surface area contributed by atoms with Crippen LogP contribution in [0.1, 0.15) is 74.1 Å². The van der Waals surface area contributed by atoms with Crippen LogP contribution < -0.4 is 4.89 Å². The van der Waals surface area contributed by atoms with E-state index in [4.69, 9.17) is 9.05 Å². The van der Waals surface area contributed by atoms with Crippen LogP contribution in [0.3, 0.4) is 0 Å². The summed E-state index contributed by atoms with van der Waals surface area (Å²) in [5.41, 5.74) is 5.47. The maximum Gasteiger partial charge on any atom is 0.267 e. The van der Waals surface area contributed by atoms with E-state index in [9.17, 15) is 9.46 Å². The van der Waals surface area contributed by atoms with Gasteiger partial charge in [-0.15, -0.1) is 0 Å². The summed E-state index contributed by atoms with van der Waals surface area (Å²) >= 11 is 0. The summed E-state index contributed by atoms with van der Waals surface area (Å²) in [5.74, 6) is 0.176. The third kappa shape index (κ3) is 12.5. The van der Waals surface area contributed by atoms with E-state index in [-0.39, 0.29) is 31.1 Å². The molecule has 0 heterocycles. The molecular formula is C27H43NO4P-. The molecule has 6 heteroatoms. The van der Waals surface area contributed by atoms with E-state index in [0.29, 0.717) is 0 Å². The highest BCUT2D eigenvalue weighted by Gasteiger charge is 2.26. The molecule has 5 nitrogen and oxygen atoms in total. The molecule has 33 heavy (non-hydrogen) atoms. The predicted octanol–water partition coefficient (Wildman–Crippen LogP) is 7.14. The van der Waals surface area contributed by atoms with Crippen molar-refractivity contribution in [2.24, 2.45) is 16.3 Å². The van der Waals surface area contributed by atoms with Crippen molar-refractivity contribution in [1.29, 1.82) is 0 Å². The highest BCUT2D eigenvalue weighted by molar-refractivity contribution is 7.45. The lowest BCUT2D eigenvalue weighted by atomic mass is 9.72. The molecule has 1 aliphatic carbocycles. The fourth-order valence-electron chi connectivity index (χ4n) is 3.51.